The van der Waals surface area contributed by atoms with Crippen LogP contribution in [-0.2, 0) is 9.53 Å². The molecular weight excluding hydrogens is 273 g/mol. The fourth-order valence-electron chi connectivity index (χ4n) is 2.11. The fraction of sp³-hybridized carbons (Fsp3) is 0.462. The van der Waals surface area contributed by atoms with Crippen molar-refractivity contribution in [3.05, 3.63) is 24.3 Å². The van der Waals surface area contributed by atoms with E-state index in [1.165, 1.54) is 12.1 Å². The predicted molar refractivity (Wildman–Crippen MR) is 68.8 cm³/mol. The topological polar surface area (TPSA) is 41.6 Å². The zero-order valence-electron chi connectivity index (χ0n) is 10.9. The number of rotatable bonds is 3. The molecule has 0 radical (unpaired) electrons. The van der Waals surface area contributed by atoms with Gasteiger partial charge in [-0.05, 0) is 30.7 Å². The van der Waals surface area contributed by atoms with E-state index >= 15 is 0 Å². The molecule has 7 heteroatoms. The van der Waals surface area contributed by atoms with E-state index in [2.05, 4.69) is 4.90 Å². The molecule has 0 saturated carbocycles. The highest BCUT2D eigenvalue weighted by Gasteiger charge is 2.38. The maximum atomic E-state index is 12.1. The van der Waals surface area contributed by atoms with Crippen LogP contribution in [0, 0.1) is 0 Å². The molecule has 1 N–H and O–H groups in total. The lowest BCUT2D eigenvalue weighted by atomic mass is 10.2. The molecule has 0 bridgehead atoms. The van der Waals surface area contributed by atoms with E-state index in [-0.39, 0.29) is 11.8 Å². The largest absolute Gasteiger partial charge is 0.471 e. The summed E-state index contributed by atoms with van der Waals surface area (Å²) in [6, 6.07) is 6.28. The third-order valence-corrected chi connectivity index (χ3v) is 3.23. The molecule has 20 heavy (non-hydrogen) atoms. The summed E-state index contributed by atoms with van der Waals surface area (Å²) in [6.07, 6.45) is -3.78. The van der Waals surface area contributed by atoms with Crippen molar-refractivity contribution in [2.24, 2.45) is 0 Å². The molecule has 1 amide bonds. The Morgan fingerprint density at radius 3 is 2.50 bits per heavy atom. The van der Waals surface area contributed by atoms with Crippen molar-refractivity contribution in [3.8, 4) is 0 Å². The minimum atomic E-state index is -4.88. The normalized spacial score (nSPS) is 19.2. The molecule has 1 fully saturated rings. The van der Waals surface area contributed by atoms with Crippen LogP contribution in [0.25, 0.3) is 0 Å². The average molecular weight is 288 g/mol. The van der Waals surface area contributed by atoms with Crippen LogP contribution in [0.15, 0.2) is 24.3 Å². The molecule has 2 rings (SSSR count). The van der Waals surface area contributed by atoms with Crippen LogP contribution in [-0.4, -0.2) is 38.4 Å². The van der Waals surface area contributed by atoms with Crippen molar-refractivity contribution in [1.82, 2.24) is 0 Å². The molecule has 1 aromatic carbocycles. The second-order valence-corrected chi connectivity index (χ2v) is 4.59. The number of alkyl halides is 3. The highest BCUT2D eigenvalue weighted by atomic mass is 19.4. The van der Waals surface area contributed by atoms with Crippen molar-refractivity contribution in [3.63, 3.8) is 0 Å². The first-order chi connectivity index (χ1) is 9.40. The Hall–Kier alpha value is -1.76. The van der Waals surface area contributed by atoms with Gasteiger partial charge in [0.05, 0.1) is 6.10 Å². The molecule has 0 aromatic heterocycles. The number of nitrogens with one attached hydrogen (secondary N) is 1. The van der Waals surface area contributed by atoms with E-state index in [4.69, 9.17) is 4.74 Å². The number of nitrogens with zero attached hydrogens (tertiary/aromatic N) is 1. The van der Waals surface area contributed by atoms with Crippen molar-refractivity contribution >= 4 is 17.3 Å². The lowest BCUT2D eigenvalue weighted by Gasteiger charge is -2.18. The van der Waals surface area contributed by atoms with Crippen molar-refractivity contribution in [2.75, 3.05) is 30.4 Å². The van der Waals surface area contributed by atoms with Crippen molar-refractivity contribution < 1.29 is 22.7 Å². The first-order valence-corrected chi connectivity index (χ1v) is 6.16. The summed E-state index contributed by atoms with van der Waals surface area (Å²) in [5.41, 5.74) is 1.02. The average Bonchev–Trinajstić information content (AvgIpc) is 2.87. The number of carbonyl (C=O) groups excluding carboxylic acids is 1. The van der Waals surface area contributed by atoms with Crippen LogP contribution >= 0.6 is 0 Å². The molecule has 0 aliphatic carbocycles. The number of ether oxygens (including phenoxy) is 1. The van der Waals surface area contributed by atoms with Gasteiger partial charge < -0.3 is 15.0 Å². The number of halogens is 3. The van der Waals surface area contributed by atoms with Gasteiger partial charge in [0.15, 0.2) is 0 Å². The standard InChI is InChI=1S/C13H15F3N2O2/c1-20-11-6-7-18(8-11)10-4-2-9(3-5-10)17-12(19)13(14,15)16/h2-5,11H,6-8H2,1H3,(H,17,19). The van der Waals surface area contributed by atoms with Crippen LogP contribution in [0.5, 0.6) is 0 Å². The summed E-state index contributed by atoms with van der Waals surface area (Å²) in [7, 11) is 1.66. The summed E-state index contributed by atoms with van der Waals surface area (Å²) in [5, 5.41) is 1.81. The molecule has 1 saturated heterocycles. The highest BCUT2D eigenvalue weighted by Crippen LogP contribution is 2.24. The van der Waals surface area contributed by atoms with Crippen LogP contribution in [0.2, 0.25) is 0 Å². The molecule has 1 heterocycles. The molecule has 1 atom stereocenters. The number of hydrogen-bond donors (Lipinski definition) is 1. The summed E-state index contributed by atoms with van der Waals surface area (Å²) in [5.74, 6) is -1.97. The number of anilines is 2. The maximum Gasteiger partial charge on any atom is 0.471 e. The van der Waals surface area contributed by atoms with E-state index in [1.807, 2.05) is 5.32 Å². The summed E-state index contributed by atoms with van der Waals surface area (Å²) < 4.78 is 41.6. The Balaban J connectivity index is 1.98. The third kappa shape index (κ3) is 3.41. The predicted octanol–water partition coefficient (Wildman–Crippen LogP) is 2.41. The summed E-state index contributed by atoms with van der Waals surface area (Å²) in [4.78, 5) is 12.9. The summed E-state index contributed by atoms with van der Waals surface area (Å²) >= 11 is 0. The van der Waals surface area contributed by atoms with Crippen molar-refractivity contribution in [1.29, 1.82) is 0 Å². The maximum absolute atomic E-state index is 12.1. The van der Waals surface area contributed by atoms with Crippen LogP contribution in [0.3, 0.4) is 0 Å². The highest BCUT2D eigenvalue weighted by molar-refractivity contribution is 5.95. The SMILES string of the molecule is COC1CCN(c2ccc(NC(=O)C(F)(F)F)cc2)C1. The minimum absolute atomic E-state index is 0.124. The molecule has 0 spiro atoms. The first kappa shape index (κ1) is 14.6. The van der Waals surface area contributed by atoms with Crippen molar-refractivity contribution in [2.45, 2.75) is 18.7 Å². The van der Waals surface area contributed by atoms with Gasteiger partial charge in [0, 0.05) is 31.6 Å². The molecule has 4 nitrogen and oxygen atoms in total. The van der Waals surface area contributed by atoms with Gasteiger partial charge in [-0.2, -0.15) is 13.2 Å². The van der Waals surface area contributed by atoms with Crippen LogP contribution in [0.1, 0.15) is 6.42 Å². The smallest absolute Gasteiger partial charge is 0.380 e. The quantitative estimate of drug-likeness (QED) is 0.928. The molecule has 110 valence electrons. The van der Waals surface area contributed by atoms with Gasteiger partial charge in [0.25, 0.3) is 0 Å². The fourth-order valence-corrected chi connectivity index (χ4v) is 2.11. The van der Waals surface area contributed by atoms with Crippen LogP contribution in [0.4, 0.5) is 24.5 Å². The number of carbonyl (C=O) groups is 1. The molecule has 1 aliphatic rings. The molecular formula is C13H15F3N2O2. The Morgan fingerprint density at radius 2 is 2.00 bits per heavy atom. The van der Waals surface area contributed by atoms with E-state index in [0.29, 0.717) is 0 Å². The molecule has 1 aromatic rings. The van der Waals surface area contributed by atoms with Crippen LogP contribution < -0.4 is 10.2 Å². The second kappa shape index (κ2) is 5.70. The monoisotopic (exact) mass is 288 g/mol. The lowest BCUT2D eigenvalue weighted by molar-refractivity contribution is -0.167. The lowest BCUT2D eigenvalue weighted by Crippen LogP contribution is -2.29. The van der Waals surface area contributed by atoms with Gasteiger partial charge in [-0.25, -0.2) is 0 Å². The summed E-state index contributed by atoms with van der Waals surface area (Å²) in [6.45, 7) is 1.59. The Labute approximate surface area is 114 Å². The Kier molecular flexibility index (Phi) is 4.17. The number of amides is 1. The number of benzene rings is 1. The molecule has 1 unspecified atom stereocenters. The van der Waals surface area contributed by atoms with Gasteiger partial charge in [-0.15, -0.1) is 0 Å². The van der Waals surface area contributed by atoms with E-state index in [1.54, 1.807) is 19.2 Å². The van der Waals surface area contributed by atoms with Gasteiger partial charge in [0.2, 0.25) is 0 Å². The van der Waals surface area contributed by atoms with Gasteiger partial charge in [-0.1, -0.05) is 0 Å². The van der Waals surface area contributed by atoms with E-state index in [9.17, 15) is 18.0 Å². The van der Waals surface area contributed by atoms with E-state index in [0.717, 1.165) is 25.2 Å². The third-order valence-electron chi connectivity index (χ3n) is 3.23. The Morgan fingerprint density at radius 1 is 1.35 bits per heavy atom. The zero-order chi connectivity index (χ0) is 14.8. The van der Waals surface area contributed by atoms with Gasteiger partial charge in [-0.3, -0.25) is 4.79 Å². The minimum Gasteiger partial charge on any atom is -0.380 e. The van der Waals surface area contributed by atoms with Gasteiger partial charge >= 0.3 is 12.1 Å². The molecule has 1 aliphatic heterocycles. The first-order valence-electron chi connectivity index (χ1n) is 6.16. The number of methoxy groups -OCH3 is 1. The van der Waals surface area contributed by atoms with E-state index < -0.39 is 12.1 Å². The zero-order valence-corrected chi connectivity index (χ0v) is 10.9. The Bertz CT molecular complexity index is 473. The van der Waals surface area contributed by atoms with Gasteiger partial charge in [0.1, 0.15) is 0 Å². The second-order valence-electron chi connectivity index (χ2n) is 4.59. The number of hydrogen-bond acceptors (Lipinski definition) is 3.